The van der Waals surface area contributed by atoms with Gasteiger partial charge in [-0.25, -0.2) is 4.39 Å². The van der Waals surface area contributed by atoms with E-state index in [9.17, 15) is 9.50 Å². The molecule has 1 unspecified atom stereocenters. The van der Waals surface area contributed by atoms with Crippen molar-refractivity contribution in [2.75, 3.05) is 13.1 Å². The average Bonchev–Trinajstić information content (AvgIpc) is 2.89. The van der Waals surface area contributed by atoms with Gasteiger partial charge in [0, 0.05) is 0 Å². The van der Waals surface area contributed by atoms with Gasteiger partial charge in [0.15, 0.2) is 9.56 Å². The largest absolute Gasteiger partial charge is 0.471 e. The van der Waals surface area contributed by atoms with Crippen molar-refractivity contribution in [2.24, 2.45) is 0 Å². The molecule has 0 bridgehead atoms. The Morgan fingerprint density at radius 1 is 1.32 bits per heavy atom. The Bertz CT molecular complexity index is 625. The van der Waals surface area contributed by atoms with Crippen LogP contribution in [-0.4, -0.2) is 40.2 Å². The molecule has 1 aromatic rings. The Labute approximate surface area is 164 Å². The van der Waals surface area contributed by atoms with Crippen LogP contribution in [0.4, 0.5) is 4.39 Å². The van der Waals surface area contributed by atoms with Crippen molar-refractivity contribution in [1.82, 2.24) is 4.90 Å². The molecule has 1 aromatic carbocycles. The van der Waals surface area contributed by atoms with E-state index in [1.54, 1.807) is 12.1 Å². The summed E-state index contributed by atoms with van der Waals surface area (Å²) in [5.74, 6) is 0.816. The molecule has 2 aliphatic rings. The number of benzene rings is 1. The van der Waals surface area contributed by atoms with Gasteiger partial charge in [-0.3, -0.25) is 0 Å². The number of halogens is 2. The summed E-state index contributed by atoms with van der Waals surface area (Å²) in [6.45, 7) is 3.23. The third kappa shape index (κ3) is 4.51. The van der Waals surface area contributed by atoms with Crippen LogP contribution >= 0.6 is 22.6 Å². The van der Waals surface area contributed by atoms with E-state index < -0.39 is 9.78 Å². The van der Waals surface area contributed by atoms with Crippen molar-refractivity contribution in [3.8, 4) is 0 Å². The molecule has 1 spiro atoms. The van der Waals surface area contributed by atoms with Crippen LogP contribution in [0.25, 0.3) is 0 Å². The second-order valence-electron chi connectivity index (χ2n) is 7.15. The summed E-state index contributed by atoms with van der Waals surface area (Å²) >= 11 is 1.92. The first-order chi connectivity index (χ1) is 11.8. The highest BCUT2D eigenvalue weighted by molar-refractivity contribution is 14.1. The van der Waals surface area contributed by atoms with Crippen LogP contribution in [0.2, 0.25) is 0 Å². The van der Waals surface area contributed by atoms with Crippen LogP contribution < -0.4 is 5.46 Å². The molecule has 1 saturated carbocycles. The zero-order valence-electron chi connectivity index (χ0n) is 14.5. The van der Waals surface area contributed by atoms with Gasteiger partial charge in [-0.2, -0.15) is 0 Å². The summed E-state index contributed by atoms with van der Waals surface area (Å²) in [5.41, 5.74) is 1.20. The summed E-state index contributed by atoms with van der Waals surface area (Å²) < 4.78 is 19.3. The lowest BCUT2D eigenvalue weighted by atomic mass is 9.84. The van der Waals surface area contributed by atoms with E-state index in [-0.39, 0.29) is 5.60 Å². The zero-order valence-corrected chi connectivity index (χ0v) is 16.7. The molecule has 0 aromatic heterocycles. The molecule has 1 aliphatic heterocycles. The summed E-state index contributed by atoms with van der Waals surface area (Å²) in [4.78, 5) is 2.10. The molecule has 1 N–H and O–H groups in total. The molecule has 1 atom stereocenters. The minimum absolute atomic E-state index is 0.317. The molecular formula is C19H24BFINO2. The van der Waals surface area contributed by atoms with Crippen molar-refractivity contribution in [3.05, 3.63) is 41.8 Å². The fourth-order valence-corrected chi connectivity index (χ4v) is 4.15. The number of rotatable bonds is 4. The van der Waals surface area contributed by atoms with Crippen LogP contribution in [0.15, 0.2) is 36.2 Å². The Kier molecular flexibility index (Phi) is 5.68. The highest BCUT2D eigenvalue weighted by atomic mass is 127. The van der Waals surface area contributed by atoms with Crippen molar-refractivity contribution in [3.63, 3.8) is 0 Å². The smallest absolute Gasteiger partial charge is 0.186 e. The number of aliphatic hydroxyl groups is 1. The lowest BCUT2D eigenvalue weighted by molar-refractivity contribution is -0.00689. The lowest BCUT2D eigenvalue weighted by Crippen LogP contribution is -2.41. The molecule has 1 saturated heterocycles. The highest BCUT2D eigenvalue weighted by Crippen LogP contribution is 2.47. The molecule has 134 valence electrons. The van der Waals surface area contributed by atoms with Crippen LogP contribution in [-0.2, 0) is 4.74 Å². The Morgan fingerprint density at radius 2 is 1.96 bits per heavy atom. The number of hydrogen-bond acceptors (Lipinski definition) is 3. The first-order valence-electron chi connectivity index (χ1n) is 8.88. The van der Waals surface area contributed by atoms with Gasteiger partial charge in [0.1, 0.15) is 13.4 Å². The van der Waals surface area contributed by atoms with Crippen molar-refractivity contribution >= 4 is 35.9 Å². The maximum absolute atomic E-state index is 14.2. The van der Waals surface area contributed by atoms with Gasteiger partial charge < -0.3 is 14.7 Å². The van der Waals surface area contributed by atoms with Crippen LogP contribution in [0.5, 0.6) is 0 Å². The van der Waals surface area contributed by atoms with Gasteiger partial charge in [0.2, 0.25) is 0 Å². The van der Waals surface area contributed by atoms with Crippen molar-refractivity contribution in [2.45, 2.75) is 54.4 Å². The SMILES string of the molecule is [B]c1ccc(C(O)CN2CC3(CCC(F)(I)CC3)OC2=CCC)cc1. The zero-order chi connectivity index (χ0) is 18.1. The maximum atomic E-state index is 14.2. The standard InChI is InChI=1S/C19H24BFINO2/c1-2-3-17-23(12-16(24)14-4-6-15(20)7-5-14)13-18(25-17)8-10-19(21,22)11-9-18/h3-7,16,24H,2,8-13H2,1H3. The third-order valence-corrected chi connectivity index (χ3v) is 6.18. The van der Waals surface area contributed by atoms with Gasteiger partial charge in [0.25, 0.3) is 0 Å². The van der Waals surface area contributed by atoms with E-state index in [2.05, 4.69) is 11.8 Å². The monoisotopic (exact) mass is 455 g/mol. The molecular weight excluding hydrogens is 431 g/mol. The second kappa shape index (κ2) is 7.47. The Balaban J connectivity index is 1.71. The molecule has 1 heterocycles. The topological polar surface area (TPSA) is 32.7 Å². The van der Waals surface area contributed by atoms with Crippen LogP contribution in [0.3, 0.4) is 0 Å². The predicted molar refractivity (Wildman–Crippen MR) is 107 cm³/mol. The molecule has 3 nitrogen and oxygen atoms in total. The van der Waals surface area contributed by atoms with Gasteiger partial charge in [0.05, 0.1) is 19.2 Å². The minimum Gasteiger partial charge on any atom is -0.471 e. The van der Waals surface area contributed by atoms with E-state index in [0.717, 1.165) is 17.9 Å². The molecule has 25 heavy (non-hydrogen) atoms. The predicted octanol–water partition coefficient (Wildman–Crippen LogP) is 3.51. The first-order valence-corrected chi connectivity index (χ1v) is 9.96. The quantitative estimate of drug-likeness (QED) is 0.429. The Hall–Kier alpha value is -0.755. The summed E-state index contributed by atoms with van der Waals surface area (Å²) in [7, 11) is 5.71. The third-order valence-electron chi connectivity index (χ3n) is 5.10. The number of alkyl halides is 2. The van der Waals surface area contributed by atoms with E-state index in [1.807, 2.05) is 40.8 Å². The molecule has 3 rings (SSSR count). The number of β-amino-alcohol motifs (C(OH)–C–C–N with tert-alkyl or cyclic N) is 1. The van der Waals surface area contributed by atoms with Crippen molar-refractivity contribution < 1.29 is 14.2 Å². The number of hydrogen-bond donors (Lipinski definition) is 1. The molecule has 0 amide bonds. The number of ether oxygens (including phenoxy) is 1. The summed E-state index contributed by atoms with van der Waals surface area (Å²) in [6.07, 6.45) is 4.74. The Morgan fingerprint density at radius 3 is 2.56 bits per heavy atom. The van der Waals surface area contributed by atoms with E-state index in [1.165, 1.54) is 0 Å². The van der Waals surface area contributed by atoms with Crippen LogP contribution in [0, 0.1) is 0 Å². The number of nitrogens with zero attached hydrogens (tertiary/aromatic N) is 1. The molecule has 6 heteroatoms. The molecule has 2 fully saturated rings. The normalized spacial score (nSPS) is 32.2. The molecule has 1 aliphatic carbocycles. The maximum Gasteiger partial charge on any atom is 0.186 e. The van der Waals surface area contributed by atoms with E-state index >= 15 is 0 Å². The van der Waals surface area contributed by atoms with E-state index in [4.69, 9.17) is 12.6 Å². The van der Waals surface area contributed by atoms with Gasteiger partial charge in [-0.1, -0.05) is 36.7 Å². The van der Waals surface area contributed by atoms with Gasteiger partial charge in [-0.15, -0.1) is 0 Å². The summed E-state index contributed by atoms with van der Waals surface area (Å²) in [6, 6.07) is 7.30. The van der Waals surface area contributed by atoms with Crippen LogP contribution in [0.1, 0.15) is 50.7 Å². The van der Waals surface area contributed by atoms with Gasteiger partial charge >= 0.3 is 0 Å². The fraction of sp³-hybridized carbons (Fsp3) is 0.579. The van der Waals surface area contributed by atoms with Crippen molar-refractivity contribution in [1.29, 1.82) is 0 Å². The van der Waals surface area contributed by atoms with Gasteiger partial charge in [-0.05, 0) is 66.3 Å². The molecule has 2 radical (unpaired) electrons. The fourth-order valence-electron chi connectivity index (χ4n) is 3.61. The van der Waals surface area contributed by atoms with E-state index in [0.29, 0.717) is 44.2 Å². The minimum atomic E-state index is -1.11. The number of allylic oxidation sites excluding steroid dienone is 1. The summed E-state index contributed by atoms with van der Waals surface area (Å²) in [5, 5.41) is 10.6. The first kappa shape index (κ1) is 19.0. The second-order valence-corrected chi connectivity index (χ2v) is 9.09. The average molecular weight is 455 g/mol. The lowest BCUT2D eigenvalue weighted by Gasteiger charge is -2.36. The highest BCUT2D eigenvalue weighted by Gasteiger charge is 2.48. The number of aliphatic hydroxyl groups excluding tert-OH is 1.